The highest BCUT2D eigenvalue weighted by atomic mass is 32.1. The number of anilines is 1. The standard InChI is InChI=1S/C15H20N4O2S2/c1-3-10(4-2)14-18-19-15(23-14)17-12(20)5-7-16-13(21)11-6-8-22-9-11/h6,8-10H,3-5,7H2,1-2H3,(H,16,21)(H,17,19,20). The molecule has 0 saturated carbocycles. The Labute approximate surface area is 143 Å². The quantitative estimate of drug-likeness (QED) is 0.764. The molecule has 0 saturated heterocycles. The molecule has 0 aliphatic rings. The molecule has 124 valence electrons. The molecule has 2 N–H and O–H groups in total. The highest BCUT2D eigenvalue weighted by molar-refractivity contribution is 7.15. The van der Waals surface area contributed by atoms with Crippen molar-refractivity contribution in [3.05, 3.63) is 27.4 Å². The summed E-state index contributed by atoms with van der Waals surface area (Å²) in [6.07, 6.45) is 2.22. The van der Waals surface area contributed by atoms with Crippen molar-refractivity contribution in [1.82, 2.24) is 15.5 Å². The van der Waals surface area contributed by atoms with Gasteiger partial charge in [-0.05, 0) is 24.3 Å². The topological polar surface area (TPSA) is 84.0 Å². The summed E-state index contributed by atoms with van der Waals surface area (Å²) in [4.78, 5) is 23.6. The van der Waals surface area contributed by atoms with Gasteiger partial charge in [-0.3, -0.25) is 9.59 Å². The summed E-state index contributed by atoms with van der Waals surface area (Å²) in [5.41, 5.74) is 0.620. The molecule has 2 aromatic rings. The van der Waals surface area contributed by atoms with Crippen LogP contribution in [0.3, 0.4) is 0 Å². The Bertz CT molecular complexity index is 636. The Morgan fingerprint density at radius 2 is 2.04 bits per heavy atom. The van der Waals surface area contributed by atoms with Crippen LogP contribution < -0.4 is 10.6 Å². The molecule has 0 unspecified atom stereocenters. The van der Waals surface area contributed by atoms with E-state index in [1.54, 1.807) is 11.4 Å². The first-order valence-electron chi connectivity index (χ1n) is 7.57. The van der Waals surface area contributed by atoms with Crippen molar-refractivity contribution in [1.29, 1.82) is 0 Å². The van der Waals surface area contributed by atoms with E-state index in [-0.39, 0.29) is 18.2 Å². The van der Waals surface area contributed by atoms with E-state index in [9.17, 15) is 9.59 Å². The number of nitrogens with one attached hydrogen (secondary N) is 2. The lowest BCUT2D eigenvalue weighted by Crippen LogP contribution is -2.27. The van der Waals surface area contributed by atoms with Crippen LogP contribution >= 0.6 is 22.7 Å². The summed E-state index contributed by atoms with van der Waals surface area (Å²) in [6, 6.07) is 1.75. The lowest BCUT2D eigenvalue weighted by molar-refractivity contribution is -0.116. The van der Waals surface area contributed by atoms with Crippen molar-refractivity contribution < 1.29 is 9.59 Å². The number of thiophene rings is 1. The first-order valence-corrected chi connectivity index (χ1v) is 9.33. The molecule has 0 aromatic carbocycles. The highest BCUT2D eigenvalue weighted by Gasteiger charge is 2.14. The summed E-state index contributed by atoms with van der Waals surface area (Å²) in [6.45, 7) is 4.52. The lowest BCUT2D eigenvalue weighted by atomic mass is 10.1. The maximum Gasteiger partial charge on any atom is 0.252 e. The molecule has 0 fully saturated rings. The van der Waals surface area contributed by atoms with Gasteiger partial charge in [0.05, 0.1) is 0 Å². The van der Waals surface area contributed by atoms with Gasteiger partial charge in [0.15, 0.2) is 0 Å². The maximum absolute atomic E-state index is 11.9. The second-order valence-electron chi connectivity index (χ2n) is 5.02. The van der Waals surface area contributed by atoms with Gasteiger partial charge in [-0.25, -0.2) is 0 Å². The zero-order chi connectivity index (χ0) is 16.7. The molecule has 2 heterocycles. The minimum Gasteiger partial charge on any atom is -0.351 e. The lowest BCUT2D eigenvalue weighted by Gasteiger charge is -2.06. The fourth-order valence-electron chi connectivity index (χ4n) is 2.06. The Morgan fingerprint density at radius 1 is 1.26 bits per heavy atom. The van der Waals surface area contributed by atoms with Gasteiger partial charge in [-0.15, -0.1) is 10.2 Å². The number of nitrogens with zero attached hydrogens (tertiary/aromatic N) is 2. The molecule has 0 bridgehead atoms. The van der Waals surface area contributed by atoms with Gasteiger partial charge in [0, 0.05) is 29.8 Å². The average Bonchev–Trinajstić information content (AvgIpc) is 3.20. The highest BCUT2D eigenvalue weighted by Crippen LogP contribution is 2.27. The van der Waals surface area contributed by atoms with Gasteiger partial charge < -0.3 is 10.6 Å². The zero-order valence-electron chi connectivity index (χ0n) is 13.2. The predicted octanol–water partition coefficient (Wildman–Crippen LogP) is 3.26. The summed E-state index contributed by atoms with van der Waals surface area (Å²) < 4.78 is 0. The largest absolute Gasteiger partial charge is 0.351 e. The molecule has 2 amide bonds. The fraction of sp³-hybridized carbons (Fsp3) is 0.467. The van der Waals surface area contributed by atoms with Crippen molar-refractivity contribution in [3.63, 3.8) is 0 Å². The number of aromatic nitrogens is 2. The molecule has 23 heavy (non-hydrogen) atoms. The van der Waals surface area contributed by atoms with E-state index in [0.717, 1.165) is 17.8 Å². The number of hydrogen-bond acceptors (Lipinski definition) is 6. The van der Waals surface area contributed by atoms with Crippen molar-refractivity contribution in [2.75, 3.05) is 11.9 Å². The van der Waals surface area contributed by atoms with Crippen LogP contribution in [0.5, 0.6) is 0 Å². The summed E-state index contributed by atoms with van der Waals surface area (Å²) in [7, 11) is 0. The van der Waals surface area contributed by atoms with Crippen LogP contribution in [0.1, 0.15) is 54.4 Å². The molecule has 0 atom stereocenters. The van der Waals surface area contributed by atoms with Gasteiger partial charge in [0.25, 0.3) is 5.91 Å². The van der Waals surface area contributed by atoms with Crippen LogP contribution in [-0.4, -0.2) is 28.6 Å². The van der Waals surface area contributed by atoms with Gasteiger partial charge in [0.2, 0.25) is 11.0 Å². The molecule has 2 rings (SSSR count). The molecule has 8 heteroatoms. The van der Waals surface area contributed by atoms with Gasteiger partial charge in [-0.1, -0.05) is 25.2 Å². The van der Waals surface area contributed by atoms with Crippen molar-refractivity contribution in [2.24, 2.45) is 0 Å². The van der Waals surface area contributed by atoms with Crippen LogP contribution in [0.4, 0.5) is 5.13 Å². The molecular weight excluding hydrogens is 332 g/mol. The Morgan fingerprint density at radius 3 is 2.70 bits per heavy atom. The summed E-state index contributed by atoms with van der Waals surface area (Å²) in [5.74, 6) is 0.0527. The van der Waals surface area contributed by atoms with Crippen molar-refractivity contribution in [2.45, 2.75) is 39.0 Å². The van der Waals surface area contributed by atoms with Crippen LogP contribution in [0.2, 0.25) is 0 Å². The monoisotopic (exact) mass is 352 g/mol. The van der Waals surface area contributed by atoms with E-state index in [4.69, 9.17) is 0 Å². The number of amides is 2. The normalized spacial score (nSPS) is 10.7. The second kappa shape index (κ2) is 8.73. The molecule has 0 aliphatic heterocycles. The van der Waals surface area contributed by atoms with Crippen LogP contribution in [-0.2, 0) is 4.79 Å². The zero-order valence-corrected chi connectivity index (χ0v) is 14.8. The first kappa shape index (κ1) is 17.6. The number of carbonyl (C=O) groups is 2. The molecule has 2 aromatic heterocycles. The molecule has 0 spiro atoms. The van der Waals surface area contributed by atoms with E-state index in [1.807, 2.05) is 5.38 Å². The average molecular weight is 352 g/mol. The third-order valence-corrected chi connectivity index (χ3v) is 5.13. The summed E-state index contributed by atoms with van der Waals surface area (Å²) >= 11 is 2.88. The number of rotatable bonds is 8. The predicted molar refractivity (Wildman–Crippen MR) is 93.1 cm³/mol. The van der Waals surface area contributed by atoms with Crippen molar-refractivity contribution in [3.8, 4) is 0 Å². The number of carbonyl (C=O) groups excluding carboxylic acids is 2. The third kappa shape index (κ3) is 5.11. The maximum atomic E-state index is 11.9. The first-order chi connectivity index (χ1) is 11.1. The Hall–Kier alpha value is -1.80. The Balaban J connectivity index is 1.75. The SMILES string of the molecule is CCC(CC)c1nnc(NC(=O)CCNC(=O)c2ccsc2)s1. The van der Waals surface area contributed by atoms with E-state index in [2.05, 4.69) is 34.7 Å². The van der Waals surface area contributed by atoms with E-state index < -0.39 is 0 Å². The second-order valence-corrected chi connectivity index (χ2v) is 6.81. The minimum atomic E-state index is -0.178. The van der Waals surface area contributed by atoms with E-state index in [0.29, 0.717) is 23.2 Å². The molecule has 6 nitrogen and oxygen atoms in total. The van der Waals surface area contributed by atoms with Crippen LogP contribution in [0.25, 0.3) is 0 Å². The van der Waals surface area contributed by atoms with Gasteiger partial charge >= 0.3 is 0 Å². The third-order valence-electron chi connectivity index (χ3n) is 3.44. The Kier molecular flexibility index (Phi) is 6.66. The van der Waals surface area contributed by atoms with Gasteiger partial charge in [-0.2, -0.15) is 11.3 Å². The van der Waals surface area contributed by atoms with E-state index >= 15 is 0 Å². The smallest absolute Gasteiger partial charge is 0.252 e. The van der Waals surface area contributed by atoms with Crippen LogP contribution in [0.15, 0.2) is 16.8 Å². The molecule has 0 radical (unpaired) electrons. The number of hydrogen-bond donors (Lipinski definition) is 2. The van der Waals surface area contributed by atoms with E-state index in [1.165, 1.54) is 22.7 Å². The minimum absolute atomic E-state index is 0.161. The fourth-order valence-corrected chi connectivity index (χ4v) is 3.72. The van der Waals surface area contributed by atoms with Gasteiger partial charge in [0.1, 0.15) is 5.01 Å². The van der Waals surface area contributed by atoms with Crippen LogP contribution in [0, 0.1) is 0 Å². The molecule has 0 aliphatic carbocycles. The summed E-state index contributed by atoms with van der Waals surface area (Å²) in [5, 5.41) is 18.7. The molecular formula is C15H20N4O2S2. The van der Waals surface area contributed by atoms with Crippen molar-refractivity contribution >= 4 is 39.6 Å².